The number of aliphatic hydroxyl groups excluding tert-OH is 1. The molecule has 1 amide bonds. The van der Waals surface area contributed by atoms with Crippen LogP contribution >= 0.6 is 0 Å². The van der Waals surface area contributed by atoms with Crippen LogP contribution in [-0.4, -0.2) is 60.4 Å². The van der Waals surface area contributed by atoms with Crippen molar-refractivity contribution < 1.29 is 29.3 Å². The number of nitrogens with one attached hydrogen (secondary N) is 2. The number of carboxylic acids is 1. The molecule has 0 aliphatic carbocycles. The molecule has 1 atom stereocenters. The third kappa shape index (κ3) is 21.1. The second-order valence-electron chi connectivity index (χ2n) is 10.8. The summed E-state index contributed by atoms with van der Waals surface area (Å²) < 4.78 is 5.14. The number of unbranched alkanes of at least 4 members (excludes halogenated alkanes) is 11. The van der Waals surface area contributed by atoms with Crippen LogP contribution in [0, 0.1) is 5.41 Å². The molecule has 0 aliphatic heterocycles. The highest BCUT2D eigenvalue weighted by Gasteiger charge is 2.35. The lowest BCUT2D eigenvalue weighted by Crippen LogP contribution is -2.43. The SMILES string of the molecule is CCCCCCCCC=CCCCCCCCC(=O)NCCCOC(=O)CCNCC(O)C(C)(C)C(=O)O. The second-order valence-corrected chi connectivity index (χ2v) is 10.8. The van der Waals surface area contributed by atoms with Crippen LogP contribution in [0.2, 0.25) is 0 Å². The molecule has 8 heteroatoms. The van der Waals surface area contributed by atoms with Crippen LogP contribution in [0.3, 0.4) is 0 Å². The van der Waals surface area contributed by atoms with E-state index in [0.29, 0.717) is 19.4 Å². The standard InChI is InChI=1S/C30H56N2O6/c1-4-5-6-7-8-9-10-11-12-13-14-15-16-17-18-20-27(34)32-22-19-24-38-28(35)21-23-31-25-26(33)30(2,3)29(36)37/h11-12,26,31,33H,4-10,13-25H2,1-3H3,(H,32,34)(H,36,37). The lowest BCUT2D eigenvalue weighted by Gasteiger charge is -2.25. The lowest BCUT2D eigenvalue weighted by atomic mass is 9.86. The Kier molecular flexibility index (Phi) is 22.9. The number of allylic oxidation sites excluding steroid dienone is 2. The van der Waals surface area contributed by atoms with E-state index in [1.165, 1.54) is 78.1 Å². The molecule has 0 saturated carbocycles. The normalized spacial score (nSPS) is 12.5. The molecule has 0 heterocycles. The van der Waals surface area contributed by atoms with Gasteiger partial charge in [0.05, 0.1) is 24.5 Å². The maximum atomic E-state index is 11.9. The highest BCUT2D eigenvalue weighted by Crippen LogP contribution is 2.20. The van der Waals surface area contributed by atoms with Crippen molar-refractivity contribution in [3.8, 4) is 0 Å². The van der Waals surface area contributed by atoms with Gasteiger partial charge in [0.1, 0.15) is 0 Å². The molecule has 0 radical (unpaired) electrons. The van der Waals surface area contributed by atoms with Crippen LogP contribution in [0.15, 0.2) is 12.2 Å². The first-order valence-corrected chi connectivity index (χ1v) is 14.9. The van der Waals surface area contributed by atoms with Crippen LogP contribution in [0.4, 0.5) is 0 Å². The van der Waals surface area contributed by atoms with Crippen molar-refractivity contribution >= 4 is 17.8 Å². The van der Waals surface area contributed by atoms with E-state index in [-0.39, 0.29) is 38.0 Å². The fourth-order valence-electron chi connectivity index (χ4n) is 3.83. The summed E-state index contributed by atoms with van der Waals surface area (Å²) in [5, 5.41) is 24.7. The minimum absolute atomic E-state index is 0.0426. The number of rotatable bonds is 26. The zero-order valence-corrected chi connectivity index (χ0v) is 24.4. The third-order valence-corrected chi connectivity index (χ3v) is 6.80. The van der Waals surface area contributed by atoms with E-state index in [9.17, 15) is 19.5 Å². The number of esters is 1. The van der Waals surface area contributed by atoms with Crippen LogP contribution in [0.5, 0.6) is 0 Å². The van der Waals surface area contributed by atoms with Crippen molar-refractivity contribution in [2.24, 2.45) is 5.41 Å². The maximum absolute atomic E-state index is 11.9. The Hall–Kier alpha value is -1.93. The lowest BCUT2D eigenvalue weighted by molar-refractivity contribution is -0.153. The van der Waals surface area contributed by atoms with Gasteiger partial charge >= 0.3 is 11.9 Å². The van der Waals surface area contributed by atoms with Crippen LogP contribution in [-0.2, 0) is 19.1 Å². The number of carbonyl (C=O) groups excluding carboxylic acids is 2. The van der Waals surface area contributed by atoms with E-state index in [1.54, 1.807) is 0 Å². The molecular formula is C30H56N2O6. The van der Waals surface area contributed by atoms with Gasteiger partial charge in [-0.15, -0.1) is 0 Å². The van der Waals surface area contributed by atoms with Gasteiger partial charge in [0, 0.05) is 26.1 Å². The molecule has 1 unspecified atom stereocenters. The predicted molar refractivity (Wildman–Crippen MR) is 153 cm³/mol. The molecule has 4 N–H and O–H groups in total. The topological polar surface area (TPSA) is 125 Å². The van der Waals surface area contributed by atoms with Crippen LogP contribution < -0.4 is 10.6 Å². The molecular weight excluding hydrogens is 484 g/mol. The Morgan fingerprint density at radius 2 is 1.39 bits per heavy atom. The molecule has 0 aromatic heterocycles. The number of carboxylic acid groups (broad SMARTS) is 1. The van der Waals surface area contributed by atoms with E-state index in [4.69, 9.17) is 9.84 Å². The summed E-state index contributed by atoms with van der Waals surface area (Å²) >= 11 is 0. The quantitative estimate of drug-likeness (QED) is 0.0646. The Labute approximate surface area is 231 Å². The third-order valence-electron chi connectivity index (χ3n) is 6.80. The van der Waals surface area contributed by atoms with E-state index in [0.717, 1.165) is 19.3 Å². The van der Waals surface area contributed by atoms with Crippen molar-refractivity contribution in [2.45, 2.75) is 130 Å². The van der Waals surface area contributed by atoms with Gasteiger partial charge in [0.15, 0.2) is 0 Å². The predicted octanol–water partition coefficient (Wildman–Crippen LogP) is 5.52. The Bertz CT molecular complexity index is 651. The average molecular weight is 541 g/mol. The van der Waals surface area contributed by atoms with Gasteiger partial charge < -0.3 is 25.6 Å². The zero-order valence-electron chi connectivity index (χ0n) is 24.4. The fraction of sp³-hybridized carbons (Fsp3) is 0.833. The minimum atomic E-state index is -1.26. The number of hydrogen-bond donors (Lipinski definition) is 4. The van der Waals surface area contributed by atoms with E-state index >= 15 is 0 Å². The van der Waals surface area contributed by atoms with E-state index in [2.05, 4.69) is 29.7 Å². The van der Waals surface area contributed by atoms with Crippen molar-refractivity contribution in [3.05, 3.63) is 12.2 Å². The smallest absolute Gasteiger partial charge is 0.311 e. The maximum Gasteiger partial charge on any atom is 0.311 e. The number of ether oxygens (including phenoxy) is 1. The minimum Gasteiger partial charge on any atom is -0.481 e. The van der Waals surface area contributed by atoms with Crippen LogP contribution in [0.25, 0.3) is 0 Å². The average Bonchev–Trinajstić information content (AvgIpc) is 2.88. The number of aliphatic carboxylic acids is 1. The summed E-state index contributed by atoms with van der Waals surface area (Å²) in [6, 6.07) is 0. The van der Waals surface area contributed by atoms with Crippen molar-refractivity contribution in [1.82, 2.24) is 10.6 Å². The monoisotopic (exact) mass is 540 g/mol. The largest absolute Gasteiger partial charge is 0.481 e. The van der Waals surface area contributed by atoms with Crippen LogP contribution in [0.1, 0.15) is 124 Å². The van der Waals surface area contributed by atoms with Gasteiger partial charge in [-0.05, 0) is 52.4 Å². The van der Waals surface area contributed by atoms with Gasteiger partial charge in [-0.3, -0.25) is 14.4 Å². The van der Waals surface area contributed by atoms with Gasteiger partial charge in [-0.1, -0.05) is 70.4 Å². The number of amides is 1. The summed E-state index contributed by atoms with van der Waals surface area (Å²) in [5.41, 5.74) is -1.26. The molecule has 8 nitrogen and oxygen atoms in total. The second kappa shape index (κ2) is 24.1. The highest BCUT2D eigenvalue weighted by atomic mass is 16.5. The van der Waals surface area contributed by atoms with Gasteiger partial charge in [0.25, 0.3) is 0 Å². The molecule has 0 aliphatic rings. The first kappa shape index (κ1) is 36.1. The Balaban J connectivity index is 3.48. The van der Waals surface area contributed by atoms with Gasteiger partial charge in [0.2, 0.25) is 5.91 Å². The summed E-state index contributed by atoms with van der Waals surface area (Å²) in [6.45, 7) is 6.24. The molecule has 0 fully saturated rings. The summed E-state index contributed by atoms with van der Waals surface area (Å²) in [6.07, 6.45) is 20.9. The molecule has 0 saturated heterocycles. The fourth-order valence-corrected chi connectivity index (χ4v) is 3.83. The molecule has 0 spiro atoms. The number of hydrogen-bond acceptors (Lipinski definition) is 6. The van der Waals surface area contributed by atoms with Gasteiger partial charge in [-0.25, -0.2) is 0 Å². The summed E-state index contributed by atoms with van der Waals surface area (Å²) in [7, 11) is 0. The molecule has 222 valence electrons. The van der Waals surface area contributed by atoms with Crippen molar-refractivity contribution in [3.63, 3.8) is 0 Å². The zero-order chi connectivity index (χ0) is 28.5. The summed E-state index contributed by atoms with van der Waals surface area (Å²) in [5.74, 6) is -1.41. The molecule has 0 aromatic rings. The van der Waals surface area contributed by atoms with Crippen molar-refractivity contribution in [1.29, 1.82) is 0 Å². The number of aliphatic hydroxyl groups is 1. The van der Waals surface area contributed by atoms with Gasteiger partial charge in [-0.2, -0.15) is 0 Å². The molecule has 0 aromatic carbocycles. The van der Waals surface area contributed by atoms with E-state index in [1.807, 2.05) is 0 Å². The molecule has 0 rings (SSSR count). The first-order valence-electron chi connectivity index (χ1n) is 14.9. The first-order chi connectivity index (χ1) is 18.2. The Morgan fingerprint density at radius 1 is 0.816 bits per heavy atom. The molecule has 0 bridgehead atoms. The van der Waals surface area contributed by atoms with E-state index < -0.39 is 17.5 Å². The molecule has 38 heavy (non-hydrogen) atoms. The highest BCUT2D eigenvalue weighted by molar-refractivity contribution is 5.75. The Morgan fingerprint density at radius 3 is 2.00 bits per heavy atom. The van der Waals surface area contributed by atoms with Crippen molar-refractivity contribution in [2.75, 3.05) is 26.2 Å². The number of carbonyl (C=O) groups is 3. The summed E-state index contributed by atoms with van der Waals surface area (Å²) in [4.78, 5) is 34.8.